The molecule has 1 aromatic rings. The van der Waals surface area contributed by atoms with Crippen LogP contribution >= 0.6 is 0 Å². The van der Waals surface area contributed by atoms with E-state index >= 15 is 0 Å². The predicted octanol–water partition coefficient (Wildman–Crippen LogP) is -0.0212. The lowest BCUT2D eigenvalue weighted by molar-refractivity contribution is -0.384. The second-order valence-electron chi connectivity index (χ2n) is 5.09. The molecule has 2 atom stereocenters. The fourth-order valence-electron chi connectivity index (χ4n) is 2.73. The van der Waals surface area contributed by atoms with E-state index < -0.39 is 40.4 Å². The van der Waals surface area contributed by atoms with Gasteiger partial charge in [-0.3, -0.25) is 19.7 Å². The first-order valence-electron chi connectivity index (χ1n) is 6.82. The minimum atomic E-state index is -1.43. The Hall–Kier alpha value is -3.70. The number of benzene rings is 1. The molecule has 1 fully saturated rings. The van der Waals surface area contributed by atoms with Gasteiger partial charge in [0, 0.05) is 12.1 Å². The van der Waals surface area contributed by atoms with Gasteiger partial charge in [-0.2, -0.15) is 0 Å². The first kappa shape index (κ1) is 16.2. The van der Waals surface area contributed by atoms with E-state index in [4.69, 9.17) is 0 Å². The van der Waals surface area contributed by atoms with E-state index in [9.17, 15) is 29.4 Å². The molecule has 3 rings (SSSR count). The zero-order valence-electron chi connectivity index (χ0n) is 12.6. The Bertz CT molecular complexity index is 851. The Morgan fingerprint density at radius 1 is 1.36 bits per heavy atom. The SMILES string of the molecule is COC(=O)C1=NN(N=O)C2C(=O)N(c3cccc([N+](=O)[O-])c3)C(=O)C12. The van der Waals surface area contributed by atoms with Gasteiger partial charge in [-0.05, 0) is 6.07 Å². The Morgan fingerprint density at radius 2 is 2.08 bits per heavy atom. The molecular formula is C13H9N5O7. The lowest BCUT2D eigenvalue weighted by Gasteiger charge is -2.16. The Balaban J connectivity index is 2.05. The van der Waals surface area contributed by atoms with Crippen LogP contribution in [0, 0.1) is 20.9 Å². The van der Waals surface area contributed by atoms with Gasteiger partial charge in [0.2, 0.25) is 5.91 Å². The van der Waals surface area contributed by atoms with Crippen LogP contribution in [0.4, 0.5) is 11.4 Å². The molecular weight excluding hydrogens is 338 g/mol. The van der Waals surface area contributed by atoms with E-state index in [1.54, 1.807) is 0 Å². The highest BCUT2D eigenvalue weighted by atomic mass is 16.6. The minimum Gasteiger partial charge on any atom is -0.464 e. The first-order valence-corrected chi connectivity index (χ1v) is 6.82. The molecule has 12 nitrogen and oxygen atoms in total. The molecule has 1 saturated heterocycles. The van der Waals surface area contributed by atoms with Crippen LogP contribution in [-0.2, 0) is 19.1 Å². The summed E-state index contributed by atoms with van der Waals surface area (Å²) >= 11 is 0. The van der Waals surface area contributed by atoms with Crippen LogP contribution in [0.3, 0.4) is 0 Å². The summed E-state index contributed by atoms with van der Waals surface area (Å²) in [5.74, 6) is -4.09. The standard InChI is InChI=1S/C13H9N5O7/c1-25-13(21)9-8-10(17(14-9)15-22)12(20)16(11(8)19)6-3-2-4-7(5-6)18(23)24/h2-5,8,10H,1H3. The molecule has 0 spiro atoms. The van der Waals surface area contributed by atoms with E-state index in [0.29, 0.717) is 10.0 Å². The van der Waals surface area contributed by atoms with Crippen molar-refractivity contribution in [1.29, 1.82) is 0 Å². The van der Waals surface area contributed by atoms with Crippen LogP contribution < -0.4 is 4.90 Å². The molecule has 2 aliphatic rings. The molecule has 0 saturated carbocycles. The van der Waals surface area contributed by atoms with Crippen molar-refractivity contribution in [3.05, 3.63) is 39.3 Å². The first-order chi connectivity index (χ1) is 11.9. The summed E-state index contributed by atoms with van der Waals surface area (Å²) in [4.78, 5) is 58.7. The summed E-state index contributed by atoms with van der Waals surface area (Å²) in [7, 11) is 1.05. The number of hydrazone groups is 1. The monoisotopic (exact) mass is 347 g/mol. The lowest BCUT2D eigenvalue weighted by Crippen LogP contribution is -2.36. The molecule has 2 heterocycles. The number of amides is 2. The lowest BCUT2D eigenvalue weighted by atomic mass is 9.98. The molecule has 12 heteroatoms. The third kappa shape index (κ3) is 2.31. The summed E-state index contributed by atoms with van der Waals surface area (Å²) in [6.45, 7) is 0. The number of carbonyl (C=O) groups excluding carboxylic acids is 3. The van der Waals surface area contributed by atoms with Gasteiger partial charge < -0.3 is 4.74 Å². The number of hydrogen-bond donors (Lipinski definition) is 0. The number of hydrogen-bond acceptors (Lipinski definition) is 9. The molecule has 0 N–H and O–H groups in total. The number of non-ortho nitro benzene ring substituents is 1. The van der Waals surface area contributed by atoms with E-state index in [-0.39, 0.29) is 11.4 Å². The van der Waals surface area contributed by atoms with Gasteiger partial charge in [0.25, 0.3) is 11.6 Å². The Morgan fingerprint density at radius 3 is 2.68 bits per heavy atom. The van der Waals surface area contributed by atoms with Gasteiger partial charge in [-0.15, -0.1) is 15.1 Å². The second-order valence-corrected chi connectivity index (χ2v) is 5.09. The highest BCUT2D eigenvalue weighted by molar-refractivity contribution is 6.46. The molecule has 2 amide bonds. The van der Waals surface area contributed by atoms with E-state index in [0.717, 1.165) is 13.2 Å². The number of imide groups is 1. The minimum absolute atomic E-state index is 0.0614. The third-order valence-electron chi connectivity index (χ3n) is 3.81. The molecule has 2 aliphatic heterocycles. The zero-order valence-corrected chi connectivity index (χ0v) is 12.6. The van der Waals surface area contributed by atoms with E-state index in [1.165, 1.54) is 18.2 Å². The number of fused-ring (bicyclic) bond motifs is 1. The van der Waals surface area contributed by atoms with E-state index in [1.807, 2.05) is 0 Å². The Kier molecular flexibility index (Phi) is 3.71. The van der Waals surface area contributed by atoms with Crippen molar-refractivity contribution in [3.8, 4) is 0 Å². The second kappa shape index (κ2) is 5.74. The summed E-state index contributed by atoms with van der Waals surface area (Å²) in [6.07, 6.45) is 0. The number of carbonyl (C=O) groups is 3. The largest absolute Gasteiger partial charge is 0.464 e. The third-order valence-corrected chi connectivity index (χ3v) is 3.81. The van der Waals surface area contributed by atoms with Crippen LogP contribution in [0.15, 0.2) is 34.7 Å². The number of methoxy groups -OCH3 is 1. The topological polar surface area (TPSA) is 152 Å². The number of nitrogens with zero attached hydrogens (tertiary/aromatic N) is 5. The maximum atomic E-state index is 12.6. The van der Waals surface area contributed by atoms with Gasteiger partial charge >= 0.3 is 5.97 Å². The molecule has 25 heavy (non-hydrogen) atoms. The van der Waals surface area contributed by atoms with Crippen molar-refractivity contribution >= 4 is 34.9 Å². The summed E-state index contributed by atoms with van der Waals surface area (Å²) < 4.78 is 4.50. The maximum Gasteiger partial charge on any atom is 0.355 e. The zero-order chi connectivity index (χ0) is 18.3. The predicted molar refractivity (Wildman–Crippen MR) is 80.0 cm³/mol. The molecule has 0 bridgehead atoms. The quantitative estimate of drug-likeness (QED) is 0.242. The molecule has 0 radical (unpaired) electrons. The summed E-state index contributed by atoms with van der Waals surface area (Å²) in [5, 5.41) is 17.4. The van der Waals surface area contributed by atoms with Crippen molar-refractivity contribution in [2.75, 3.05) is 12.0 Å². The van der Waals surface area contributed by atoms with Crippen molar-refractivity contribution in [2.24, 2.45) is 16.3 Å². The van der Waals surface area contributed by atoms with Gasteiger partial charge in [0.1, 0.15) is 5.92 Å². The normalized spacial score (nSPS) is 21.9. The number of ether oxygens (including phenoxy) is 1. The average molecular weight is 347 g/mol. The molecule has 0 aliphatic carbocycles. The van der Waals surface area contributed by atoms with Crippen LogP contribution in [-0.4, -0.2) is 46.7 Å². The fourth-order valence-corrected chi connectivity index (χ4v) is 2.73. The number of rotatable bonds is 4. The summed E-state index contributed by atoms with van der Waals surface area (Å²) in [5.41, 5.74) is -0.825. The highest BCUT2D eigenvalue weighted by Gasteiger charge is 2.59. The average Bonchev–Trinajstić information content (AvgIpc) is 3.11. The number of nitro benzene ring substituents is 1. The number of esters is 1. The molecule has 0 aromatic heterocycles. The Labute approximate surface area is 138 Å². The van der Waals surface area contributed by atoms with Crippen LogP contribution in [0.25, 0.3) is 0 Å². The number of anilines is 1. The van der Waals surface area contributed by atoms with Gasteiger partial charge in [0.15, 0.2) is 11.8 Å². The van der Waals surface area contributed by atoms with Crippen molar-refractivity contribution < 1.29 is 24.0 Å². The van der Waals surface area contributed by atoms with Crippen molar-refractivity contribution in [3.63, 3.8) is 0 Å². The molecule has 2 unspecified atom stereocenters. The summed E-state index contributed by atoms with van der Waals surface area (Å²) in [6, 6.07) is 3.41. The van der Waals surface area contributed by atoms with Gasteiger partial charge in [0.05, 0.1) is 23.0 Å². The fraction of sp³-hybridized carbons (Fsp3) is 0.231. The van der Waals surface area contributed by atoms with E-state index in [2.05, 4.69) is 15.1 Å². The maximum absolute atomic E-state index is 12.6. The molecule has 1 aromatic carbocycles. The smallest absolute Gasteiger partial charge is 0.355 e. The number of nitro groups is 1. The van der Waals surface area contributed by atoms with Crippen molar-refractivity contribution in [1.82, 2.24) is 5.12 Å². The highest BCUT2D eigenvalue weighted by Crippen LogP contribution is 2.36. The van der Waals surface area contributed by atoms with Gasteiger partial charge in [-0.1, -0.05) is 6.07 Å². The van der Waals surface area contributed by atoms with Crippen LogP contribution in [0.1, 0.15) is 0 Å². The van der Waals surface area contributed by atoms with Crippen LogP contribution in [0.5, 0.6) is 0 Å². The van der Waals surface area contributed by atoms with Crippen LogP contribution in [0.2, 0.25) is 0 Å². The number of nitroso groups, excluding NO2 is 1. The van der Waals surface area contributed by atoms with Gasteiger partial charge in [-0.25, -0.2) is 9.69 Å². The van der Waals surface area contributed by atoms with Crippen molar-refractivity contribution in [2.45, 2.75) is 6.04 Å². The molecule has 128 valence electrons.